The van der Waals surface area contributed by atoms with Crippen molar-refractivity contribution in [3.63, 3.8) is 0 Å². The van der Waals surface area contributed by atoms with Crippen LogP contribution in [0.4, 0.5) is 10.1 Å². The largest absolute Gasteiger partial charge is 0.496 e. The molecule has 0 aromatic heterocycles. The molecule has 30 heavy (non-hydrogen) atoms. The summed E-state index contributed by atoms with van der Waals surface area (Å²) < 4.78 is 45.7. The molecule has 3 aromatic rings. The van der Waals surface area contributed by atoms with Gasteiger partial charge in [0.2, 0.25) is 0 Å². The van der Waals surface area contributed by atoms with Crippen LogP contribution >= 0.6 is 11.6 Å². The molecular weight excluding hydrogens is 431 g/mol. The Morgan fingerprint density at radius 3 is 2.43 bits per heavy atom. The molecule has 9 heteroatoms. The fourth-order valence-corrected chi connectivity index (χ4v) is 4.00. The third-order valence-electron chi connectivity index (χ3n) is 4.23. The minimum atomic E-state index is -3.96. The van der Waals surface area contributed by atoms with Crippen molar-refractivity contribution in [2.75, 3.05) is 11.8 Å². The van der Waals surface area contributed by atoms with Crippen LogP contribution in [-0.4, -0.2) is 21.4 Å². The molecule has 0 bridgehead atoms. The maximum absolute atomic E-state index is 13.3. The van der Waals surface area contributed by atoms with Crippen molar-refractivity contribution < 1.29 is 22.3 Å². The normalized spacial score (nSPS) is 11.0. The van der Waals surface area contributed by atoms with Crippen molar-refractivity contribution in [2.24, 2.45) is 0 Å². The first-order chi connectivity index (χ1) is 14.3. The number of rotatable bonds is 7. The van der Waals surface area contributed by atoms with Gasteiger partial charge in [0.15, 0.2) is 0 Å². The van der Waals surface area contributed by atoms with Gasteiger partial charge in [0.25, 0.3) is 15.9 Å². The molecule has 156 valence electrons. The predicted molar refractivity (Wildman–Crippen MR) is 113 cm³/mol. The lowest BCUT2D eigenvalue weighted by Gasteiger charge is -2.11. The lowest BCUT2D eigenvalue weighted by atomic mass is 10.1. The van der Waals surface area contributed by atoms with Crippen molar-refractivity contribution in [3.05, 3.63) is 88.7 Å². The predicted octanol–water partition coefficient (Wildman–Crippen LogP) is 4.22. The third kappa shape index (κ3) is 5.08. The summed E-state index contributed by atoms with van der Waals surface area (Å²) in [5, 5.41) is 2.50. The second kappa shape index (κ2) is 9.15. The lowest BCUT2D eigenvalue weighted by molar-refractivity contribution is 0.0950. The van der Waals surface area contributed by atoms with Gasteiger partial charge in [0, 0.05) is 23.4 Å². The van der Waals surface area contributed by atoms with E-state index in [2.05, 4.69) is 10.0 Å². The Bertz CT molecular complexity index is 1170. The Morgan fingerprint density at radius 1 is 1.07 bits per heavy atom. The highest BCUT2D eigenvalue weighted by atomic mass is 35.5. The fraction of sp³-hybridized carbons (Fsp3) is 0.0952. The molecule has 0 saturated heterocycles. The highest BCUT2D eigenvalue weighted by molar-refractivity contribution is 7.92. The van der Waals surface area contributed by atoms with Crippen LogP contribution in [0.3, 0.4) is 0 Å². The van der Waals surface area contributed by atoms with Gasteiger partial charge >= 0.3 is 0 Å². The van der Waals surface area contributed by atoms with E-state index >= 15 is 0 Å². The van der Waals surface area contributed by atoms with Crippen LogP contribution < -0.4 is 14.8 Å². The van der Waals surface area contributed by atoms with Gasteiger partial charge < -0.3 is 10.1 Å². The van der Waals surface area contributed by atoms with Gasteiger partial charge in [-0.15, -0.1) is 0 Å². The van der Waals surface area contributed by atoms with Crippen molar-refractivity contribution >= 4 is 33.2 Å². The SMILES string of the molecule is COc1ccccc1CNC(=O)c1ccc(NS(=O)(=O)c2ccc(F)c(Cl)c2)cc1. The van der Waals surface area contributed by atoms with E-state index in [1.54, 1.807) is 13.2 Å². The summed E-state index contributed by atoms with van der Waals surface area (Å²) in [6, 6.07) is 16.4. The molecule has 0 atom stereocenters. The molecule has 0 aliphatic rings. The molecule has 0 aliphatic heterocycles. The minimum Gasteiger partial charge on any atom is -0.496 e. The number of hydrogen-bond donors (Lipinski definition) is 2. The van der Waals surface area contributed by atoms with Crippen LogP contribution in [-0.2, 0) is 16.6 Å². The Hall–Kier alpha value is -3.10. The highest BCUT2D eigenvalue weighted by Gasteiger charge is 2.16. The number of ether oxygens (including phenoxy) is 1. The number of para-hydroxylation sites is 1. The quantitative estimate of drug-likeness (QED) is 0.566. The number of carbonyl (C=O) groups is 1. The van der Waals surface area contributed by atoms with Crippen molar-refractivity contribution in [1.29, 1.82) is 0 Å². The Labute approximate surface area is 178 Å². The van der Waals surface area contributed by atoms with E-state index in [4.69, 9.17) is 16.3 Å². The highest BCUT2D eigenvalue weighted by Crippen LogP contribution is 2.22. The van der Waals surface area contributed by atoms with E-state index in [1.807, 2.05) is 18.2 Å². The monoisotopic (exact) mass is 448 g/mol. The number of benzene rings is 3. The van der Waals surface area contributed by atoms with Gasteiger partial charge in [-0.3, -0.25) is 9.52 Å². The molecular formula is C21H18ClFN2O4S. The molecule has 0 radical (unpaired) electrons. The third-order valence-corrected chi connectivity index (χ3v) is 5.90. The summed E-state index contributed by atoms with van der Waals surface area (Å²) >= 11 is 5.65. The Balaban J connectivity index is 1.66. The molecule has 0 aliphatic carbocycles. The first-order valence-electron chi connectivity index (χ1n) is 8.78. The maximum Gasteiger partial charge on any atom is 0.261 e. The van der Waals surface area contributed by atoms with Gasteiger partial charge in [-0.05, 0) is 48.5 Å². The van der Waals surface area contributed by atoms with E-state index in [0.717, 1.165) is 23.8 Å². The molecule has 1 amide bonds. The summed E-state index contributed by atoms with van der Waals surface area (Å²) in [5.41, 5.74) is 1.44. The van der Waals surface area contributed by atoms with Crippen LogP contribution in [0.1, 0.15) is 15.9 Å². The smallest absolute Gasteiger partial charge is 0.261 e. The average Bonchev–Trinajstić information content (AvgIpc) is 2.74. The van der Waals surface area contributed by atoms with Crippen LogP contribution in [0.5, 0.6) is 5.75 Å². The second-order valence-electron chi connectivity index (χ2n) is 6.25. The van der Waals surface area contributed by atoms with Gasteiger partial charge in [-0.1, -0.05) is 29.8 Å². The Morgan fingerprint density at radius 2 is 1.77 bits per heavy atom. The number of amides is 1. The number of anilines is 1. The van der Waals surface area contributed by atoms with E-state index in [0.29, 0.717) is 11.3 Å². The number of halogens is 2. The summed E-state index contributed by atoms with van der Waals surface area (Å²) in [4.78, 5) is 12.2. The van der Waals surface area contributed by atoms with E-state index in [9.17, 15) is 17.6 Å². The number of carbonyl (C=O) groups excluding carboxylic acids is 1. The summed E-state index contributed by atoms with van der Waals surface area (Å²) in [7, 11) is -2.40. The zero-order chi connectivity index (χ0) is 21.7. The standard InChI is InChI=1S/C21H18ClFN2O4S/c1-29-20-5-3-2-4-15(20)13-24-21(26)14-6-8-16(9-7-14)25-30(27,28)17-10-11-19(23)18(22)12-17/h2-12,25H,13H2,1H3,(H,24,26). The van der Waals surface area contributed by atoms with Gasteiger partial charge in [-0.2, -0.15) is 0 Å². The number of methoxy groups -OCH3 is 1. The zero-order valence-corrected chi connectivity index (χ0v) is 17.4. The van der Waals surface area contributed by atoms with Gasteiger partial charge in [0.1, 0.15) is 11.6 Å². The molecule has 0 fully saturated rings. The van der Waals surface area contributed by atoms with E-state index in [1.165, 1.54) is 24.3 Å². The molecule has 0 spiro atoms. The summed E-state index contributed by atoms with van der Waals surface area (Å²) in [5.74, 6) is -0.358. The average molecular weight is 449 g/mol. The molecule has 2 N–H and O–H groups in total. The minimum absolute atomic E-state index is 0.174. The van der Waals surface area contributed by atoms with Crippen LogP contribution in [0, 0.1) is 5.82 Å². The molecule has 3 rings (SSSR count). The Kier molecular flexibility index (Phi) is 6.59. The fourth-order valence-electron chi connectivity index (χ4n) is 2.67. The van der Waals surface area contributed by atoms with Crippen LogP contribution in [0.15, 0.2) is 71.6 Å². The van der Waals surface area contributed by atoms with Crippen LogP contribution in [0.25, 0.3) is 0 Å². The topological polar surface area (TPSA) is 84.5 Å². The number of nitrogens with one attached hydrogen (secondary N) is 2. The van der Waals surface area contributed by atoms with E-state index < -0.39 is 15.8 Å². The van der Waals surface area contributed by atoms with E-state index in [-0.39, 0.29) is 28.1 Å². The summed E-state index contributed by atoms with van der Waals surface area (Å²) in [6.45, 7) is 0.280. The van der Waals surface area contributed by atoms with Crippen molar-refractivity contribution in [2.45, 2.75) is 11.4 Å². The van der Waals surface area contributed by atoms with Gasteiger partial charge in [0.05, 0.1) is 17.0 Å². The molecule has 3 aromatic carbocycles. The van der Waals surface area contributed by atoms with Crippen molar-refractivity contribution in [1.82, 2.24) is 5.32 Å². The number of hydrogen-bond acceptors (Lipinski definition) is 4. The van der Waals surface area contributed by atoms with Crippen LogP contribution in [0.2, 0.25) is 5.02 Å². The zero-order valence-electron chi connectivity index (χ0n) is 15.9. The molecule has 0 unspecified atom stereocenters. The lowest BCUT2D eigenvalue weighted by Crippen LogP contribution is -2.23. The number of sulfonamides is 1. The summed E-state index contributed by atoms with van der Waals surface area (Å²) in [6.07, 6.45) is 0. The molecule has 0 saturated carbocycles. The first kappa shape index (κ1) is 21.6. The maximum atomic E-state index is 13.3. The van der Waals surface area contributed by atoms with Crippen molar-refractivity contribution in [3.8, 4) is 5.75 Å². The second-order valence-corrected chi connectivity index (χ2v) is 8.34. The molecule has 6 nitrogen and oxygen atoms in total. The molecule has 0 heterocycles. The first-order valence-corrected chi connectivity index (χ1v) is 10.6. The van der Waals surface area contributed by atoms with Gasteiger partial charge in [-0.25, -0.2) is 12.8 Å².